The number of nitrogens with zero attached hydrogens (tertiary/aromatic N) is 1. The Labute approximate surface area is 92.6 Å². The van der Waals surface area contributed by atoms with E-state index in [0.29, 0.717) is 0 Å². The normalized spacial score (nSPS) is 19.6. The fraction of sp³-hybridized carbons (Fsp3) is 0.333. The molecular weight excluding hydrogens is 251 g/mol. The minimum absolute atomic E-state index is 0. The van der Waals surface area contributed by atoms with Gasteiger partial charge in [-0.15, -0.1) is 12.4 Å². The topological polar surface area (TPSA) is 29.3 Å². The van der Waals surface area contributed by atoms with Crippen LogP contribution in [0.4, 0.5) is 5.69 Å². The number of likely N-dealkylation sites (N-methyl/N-ethyl adjacent to an activating group) is 1. The molecule has 1 unspecified atom stereocenters. The highest BCUT2D eigenvalue weighted by Gasteiger charge is 2.22. The van der Waals surface area contributed by atoms with Crippen LogP contribution in [-0.4, -0.2) is 13.6 Å². The summed E-state index contributed by atoms with van der Waals surface area (Å²) in [6.07, 6.45) is 0. The monoisotopic (exact) mass is 262 g/mol. The second kappa shape index (κ2) is 3.86. The van der Waals surface area contributed by atoms with Crippen LogP contribution in [0, 0.1) is 0 Å². The summed E-state index contributed by atoms with van der Waals surface area (Å²) in [7, 11) is 2.07. The van der Waals surface area contributed by atoms with Gasteiger partial charge in [0.15, 0.2) is 0 Å². The quantitative estimate of drug-likeness (QED) is 0.778. The summed E-state index contributed by atoms with van der Waals surface area (Å²) in [5.74, 6) is 0. The fourth-order valence-corrected chi connectivity index (χ4v) is 2.04. The van der Waals surface area contributed by atoms with Crippen LogP contribution in [0.1, 0.15) is 11.6 Å². The van der Waals surface area contributed by atoms with Crippen molar-refractivity contribution in [2.45, 2.75) is 6.04 Å². The van der Waals surface area contributed by atoms with E-state index in [2.05, 4.69) is 40.0 Å². The molecule has 2 rings (SSSR count). The molecule has 1 atom stereocenters. The maximum atomic E-state index is 5.94. The van der Waals surface area contributed by atoms with Crippen LogP contribution in [0.3, 0.4) is 0 Å². The third-order valence-corrected chi connectivity index (χ3v) is 2.76. The Balaban J connectivity index is 0.000000845. The molecule has 72 valence electrons. The Kier molecular flexibility index (Phi) is 3.22. The number of rotatable bonds is 0. The van der Waals surface area contributed by atoms with Crippen molar-refractivity contribution >= 4 is 34.0 Å². The molecule has 1 heterocycles. The van der Waals surface area contributed by atoms with Crippen molar-refractivity contribution in [1.82, 2.24) is 0 Å². The van der Waals surface area contributed by atoms with Gasteiger partial charge in [0.2, 0.25) is 0 Å². The molecule has 0 aliphatic carbocycles. The van der Waals surface area contributed by atoms with Crippen LogP contribution in [0.15, 0.2) is 22.7 Å². The van der Waals surface area contributed by atoms with Crippen molar-refractivity contribution in [3.8, 4) is 0 Å². The second-order valence-corrected chi connectivity index (χ2v) is 4.11. The maximum absolute atomic E-state index is 5.94. The van der Waals surface area contributed by atoms with Gasteiger partial charge in [-0.3, -0.25) is 0 Å². The molecule has 1 aliphatic heterocycles. The van der Waals surface area contributed by atoms with Gasteiger partial charge in [-0.05, 0) is 23.8 Å². The molecule has 13 heavy (non-hydrogen) atoms. The average molecular weight is 264 g/mol. The summed E-state index contributed by atoms with van der Waals surface area (Å²) in [5, 5.41) is 0. The van der Waals surface area contributed by atoms with E-state index in [1.54, 1.807) is 0 Å². The minimum atomic E-state index is 0. The maximum Gasteiger partial charge on any atom is 0.0494 e. The molecule has 0 spiro atoms. The van der Waals surface area contributed by atoms with Gasteiger partial charge in [-0.2, -0.15) is 0 Å². The van der Waals surface area contributed by atoms with E-state index in [9.17, 15) is 0 Å². The van der Waals surface area contributed by atoms with E-state index < -0.39 is 0 Å². The Hall–Kier alpha value is -0.250. The van der Waals surface area contributed by atoms with Gasteiger partial charge in [0.1, 0.15) is 0 Å². The first kappa shape index (κ1) is 10.8. The van der Waals surface area contributed by atoms with Gasteiger partial charge in [-0.25, -0.2) is 0 Å². The zero-order valence-electron chi connectivity index (χ0n) is 7.33. The number of benzene rings is 1. The standard InChI is InChI=1S/C9H11BrN2.ClH/c1-12-5-8(11)7-4-6(10)2-3-9(7)12;/h2-4,8H,5,11H2,1H3;1H. The summed E-state index contributed by atoms with van der Waals surface area (Å²) in [4.78, 5) is 2.19. The number of fused-ring (bicyclic) bond motifs is 1. The molecule has 0 saturated heterocycles. The predicted octanol–water partition coefficient (Wildman–Crippen LogP) is 2.32. The Bertz CT molecular complexity index is 316. The number of halogens is 2. The highest BCUT2D eigenvalue weighted by Crippen LogP contribution is 2.33. The molecule has 0 amide bonds. The second-order valence-electron chi connectivity index (χ2n) is 3.19. The molecule has 2 nitrogen and oxygen atoms in total. The van der Waals surface area contributed by atoms with Crippen LogP contribution < -0.4 is 10.6 Å². The van der Waals surface area contributed by atoms with E-state index in [0.717, 1.165) is 11.0 Å². The molecule has 0 radical (unpaired) electrons. The lowest BCUT2D eigenvalue weighted by molar-refractivity contribution is 0.760. The molecule has 0 fully saturated rings. The molecule has 1 aromatic carbocycles. The summed E-state index contributed by atoms with van der Waals surface area (Å²) in [5.41, 5.74) is 8.44. The summed E-state index contributed by atoms with van der Waals surface area (Å²) in [6.45, 7) is 0.922. The Morgan fingerprint density at radius 2 is 2.23 bits per heavy atom. The van der Waals surface area contributed by atoms with Crippen molar-refractivity contribution in [2.75, 3.05) is 18.5 Å². The van der Waals surface area contributed by atoms with Gasteiger partial charge in [0, 0.05) is 29.8 Å². The third kappa shape index (κ3) is 1.82. The highest BCUT2D eigenvalue weighted by atomic mass is 79.9. The molecule has 0 aromatic heterocycles. The van der Waals surface area contributed by atoms with Crippen molar-refractivity contribution in [2.24, 2.45) is 5.73 Å². The molecule has 1 aromatic rings. The Morgan fingerprint density at radius 1 is 1.54 bits per heavy atom. The lowest BCUT2D eigenvalue weighted by atomic mass is 10.1. The lowest BCUT2D eigenvalue weighted by Crippen LogP contribution is -2.19. The van der Waals surface area contributed by atoms with Crippen LogP contribution in [0.25, 0.3) is 0 Å². The van der Waals surface area contributed by atoms with Gasteiger partial charge >= 0.3 is 0 Å². The zero-order chi connectivity index (χ0) is 8.72. The van der Waals surface area contributed by atoms with Gasteiger partial charge in [0.05, 0.1) is 0 Å². The molecule has 4 heteroatoms. The van der Waals surface area contributed by atoms with Gasteiger partial charge in [0.25, 0.3) is 0 Å². The van der Waals surface area contributed by atoms with E-state index in [1.807, 2.05) is 6.07 Å². The van der Waals surface area contributed by atoms with Gasteiger partial charge in [-0.1, -0.05) is 15.9 Å². The highest BCUT2D eigenvalue weighted by molar-refractivity contribution is 9.10. The summed E-state index contributed by atoms with van der Waals surface area (Å²) in [6, 6.07) is 6.42. The van der Waals surface area contributed by atoms with Gasteiger partial charge < -0.3 is 10.6 Å². The number of nitrogens with two attached hydrogens (primary N) is 1. The smallest absolute Gasteiger partial charge is 0.0494 e. The fourth-order valence-electron chi connectivity index (χ4n) is 1.66. The predicted molar refractivity (Wildman–Crippen MR) is 61.6 cm³/mol. The largest absolute Gasteiger partial charge is 0.372 e. The first-order valence-corrected chi connectivity index (χ1v) is 4.74. The van der Waals surface area contributed by atoms with Crippen molar-refractivity contribution in [3.63, 3.8) is 0 Å². The van der Waals surface area contributed by atoms with Crippen LogP contribution in [0.2, 0.25) is 0 Å². The molecule has 1 aliphatic rings. The number of hydrogen-bond donors (Lipinski definition) is 1. The average Bonchev–Trinajstić information content (AvgIpc) is 2.28. The molecular formula is C9H12BrClN2. The number of anilines is 1. The zero-order valence-corrected chi connectivity index (χ0v) is 9.73. The summed E-state index contributed by atoms with van der Waals surface area (Å²) >= 11 is 3.44. The van der Waals surface area contributed by atoms with Crippen molar-refractivity contribution in [3.05, 3.63) is 28.2 Å². The Morgan fingerprint density at radius 3 is 2.92 bits per heavy atom. The van der Waals surface area contributed by atoms with Crippen LogP contribution >= 0.6 is 28.3 Å². The molecule has 2 N–H and O–H groups in total. The van der Waals surface area contributed by atoms with E-state index in [4.69, 9.17) is 5.73 Å². The SMILES string of the molecule is CN1CC(N)c2cc(Br)ccc21.Cl. The van der Waals surface area contributed by atoms with E-state index in [1.165, 1.54) is 11.3 Å². The van der Waals surface area contributed by atoms with Crippen LogP contribution in [-0.2, 0) is 0 Å². The van der Waals surface area contributed by atoms with Crippen LogP contribution in [0.5, 0.6) is 0 Å². The number of hydrogen-bond acceptors (Lipinski definition) is 2. The third-order valence-electron chi connectivity index (χ3n) is 2.27. The lowest BCUT2D eigenvalue weighted by Gasteiger charge is -2.10. The summed E-state index contributed by atoms with van der Waals surface area (Å²) < 4.78 is 1.10. The van der Waals surface area contributed by atoms with E-state index in [-0.39, 0.29) is 18.4 Å². The van der Waals surface area contributed by atoms with Crippen molar-refractivity contribution in [1.29, 1.82) is 0 Å². The van der Waals surface area contributed by atoms with E-state index >= 15 is 0 Å². The van der Waals surface area contributed by atoms with Crippen molar-refractivity contribution < 1.29 is 0 Å². The molecule has 0 saturated carbocycles. The minimum Gasteiger partial charge on any atom is -0.372 e. The first-order valence-electron chi connectivity index (χ1n) is 3.94. The molecule has 0 bridgehead atoms. The first-order chi connectivity index (χ1) is 5.68.